The quantitative estimate of drug-likeness (QED) is 0.480. The van der Waals surface area contributed by atoms with Crippen LogP contribution in [-0.2, 0) is 18.9 Å². The fourth-order valence-corrected chi connectivity index (χ4v) is 1.31. The second kappa shape index (κ2) is 15.5. The zero-order valence-corrected chi connectivity index (χ0v) is 13.2. The van der Waals surface area contributed by atoms with Crippen LogP contribution in [0.1, 0.15) is 19.8 Å². The Morgan fingerprint density at radius 3 is 2.10 bits per heavy atom. The summed E-state index contributed by atoms with van der Waals surface area (Å²) in [5.74, 6) is 0. The molecule has 1 amide bonds. The van der Waals surface area contributed by atoms with E-state index in [1.54, 1.807) is 7.05 Å². The zero-order valence-electron chi connectivity index (χ0n) is 13.2. The maximum atomic E-state index is 11.5. The molecule has 0 aromatic heterocycles. The van der Waals surface area contributed by atoms with E-state index in [1.165, 1.54) is 4.90 Å². The van der Waals surface area contributed by atoms with Gasteiger partial charge in [-0.15, -0.1) is 0 Å². The van der Waals surface area contributed by atoms with E-state index in [-0.39, 0.29) is 12.7 Å². The van der Waals surface area contributed by atoms with Crippen LogP contribution in [0, 0.1) is 0 Å². The topological polar surface area (TPSA) is 77.5 Å². The molecule has 0 aliphatic carbocycles. The fourth-order valence-electron chi connectivity index (χ4n) is 1.31. The monoisotopic (exact) mass is 307 g/mol. The van der Waals surface area contributed by atoms with E-state index < -0.39 is 0 Å². The number of aliphatic hydroxyl groups excluding tert-OH is 1. The second-order valence-corrected chi connectivity index (χ2v) is 4.45. The van der Waals surface area contributed by atoms with Crippen molar-refractivity contribution in [2.45, 2.75) is 19.8 Å². The predicted molar refractivity (Wildman–Crippen MR) is 78.4 cm³/mol. The third-order valence-electron chi connectivity index (χ3n) is 2.59. The van der Waals surface area contributed by atoms with Gasteiger partial charge in [-0.2, -0.15) is 0 Å². The fraction of sp³-hybridized carbons (Fsp3) is 0.929. The first-order valence-corrected chi connectivity index (χ1v) is 7.44. The number of hydrogen-bond acceptors (Lipinski definition) is 6. The van der Waals surface area contributed by atoms with Gasteiger partial charge in [-0.3, -0.25) is 0 Å². The molecular formula is C14H29NO6. The molecule has 0 heterocycles. The van der Waals surface area contributed by atoms with E-state index >= 15 is 0 Å². The first-order chi connectivity index (χ1) is 10.2. The van der Waals surface area contributed by atoms with Crippen LogP contribution in [0.5, 0.6) is 0 Å². The third-order valence-corrected chi connectivity index (χ3v) is 2.59. The highest BCUT2D eigenvalue weighted by molar-refractivity contribution is 5.67. The van der Waals surface area contributed by atoms with Crippen molar-refractivity contribution in [1.82, 2.24) is 4.90 Å². The predicted octanol–water partition coefficient (Wildman–Crippen LogP) is 0.897. The standard InChI is InChI=1S/C14H29NO6/c1-3-4-7-21-14(17)15(2)5-8-18-10-12-20-13-11-19-9-6-16/h16H,3-13H2,1-2H3. The number of carbonyl (C=O) groups excluding carboxylic acids is 1. The average molecular weight is 307 g/mol. The highest BCUT2D eigenvalue weighted by Crippen LogP contribution is 1.94. The maximum Gasteiger partial charge on any atom is 0.409 e. The van der Waals surface area contributed by atoms with Gasteiger partial charge in [0.05, 0.1) is 52.9 Å². The van der Waals surface area contributed by atoms with Crippen LogP contribution in [0.2, 0.25) is 0 Å². The van der Waals surface area contributed by atoms with Crippen LogP contribution >= 0.6 is 0 Å². The molecule has 0 spiro atoms. The summed E-state index contributed by atoms with van der Waals surface area (Å²) in [6.07, 6.45) is 1.57. The van der Waals surface area contributed by atoms with Gasteiger partial charge in [-0.1, -0.05) is 13.3 Å². The minimum absolute atomic E-state index is 0.0253. The molecule has 0 unspecified atom stereocenters. The molecule has 0 saturated carbocycles. The lowest BCUT2D eigenvalue weighted by Gasteiger charge is -2.16. The number of amides is 1. The summed E-state index contributed by atoms with van der Waals surface area (Å²) in [4.78, 5) is 13.0. The highest BCUT2D eigenvalue weighted by Gasteiger charge is 2.08. The Labute approximate surface area is 127 Å². The summed E-state index contributed by atoms with van der Waals surface area (Å²) in [7, 11) is 1.69. The van der Waals surface area contributed by atoms with Crippen molar-refractivity contribution in [2.24, 2.45) is 0 Å². The minimum Gasteiger partial charge on any atom is -0.449 e. The Morgan fingerprint density at radius 2 is 1.52 bits per heavy atom. The summed E-state index contributed by atoms with van der Waals surface area (Å²) in [6.45, 7) is 5.71. The molecule has 0 fully saturated rings. The number of hydrogen-bond donors (Lipinski definition) is 1. The molecule has 0 bridgehead atoms. The molecule has 0 aromatic carbocycles. The van der Waals surface area contributed by atoms with E-state index in [4.69, 9.17) is 24.1 Å². The molecule has 0 rings (SSSR count). The minimum atomic E-state index is -0.315. The van der Waals surface area contributed by atoms with Crippen LogP contribution in [0.3, 0.4) is 0 Å². The van der Waals surface area contributed by atoms with Gasteiger partial charge in [-0.05, 0) is 6.42 Å². The van der Waals surface area contributed by atoms with E-state index in [9.17, 15) is 4.79 Å². The number of likely N-dealkylation sites (N-methyl/N-ethyl adjacent to an activating group) is 1. The molecule has 0 aliphatic rings. The van der Waals surface area contributed by atoms with Gasteiger partial charge in [0.1, 0.15) is 0 Å². The van der Waals surface area contributed by atoms with Crippen molar-refractivity contribution in [3.63, 3.8) is 0 Å². The van der Waals surface area contributed by atoms with Gasteiger partial charge in [0, 0.05) is 13.6 Å². The third kappa shape index (κ3) is 13.8. The van der Waals surface area contributed by atoms with Gasteiger partial charge < -0.3 is 29.0 Å². The van der Waals surface area contributed by atoms with Crippen LogP contribution in [0.4, 0.5) is 4.79 Å². The van der Waals surface area contributed by atoms with Crippen molar-refractivity contribution in [3.05, 3.63) is 0 Å². The summed E-state index contributed by atoms with van der Waals surface area (Å²) < 4.78 is 20.7. The number of unbranched alkanes of at least 4 members (excludes halogenated alkanes) is 1. The van der Waals surface area contributed by atoms with Gasteiger partial charge in [0.15, 0.2) is 0 Å². The molecule has 0 saturated heterocycles. The summed E-state index contributed by atoms with van der Waals surface area (Å²) in [6, 6.07) is 0. The van der Waals surface area contributed by atoms with E-state index in [0.29, 0.717) is 52.8 Å². The molecule has 0 radical (unpaired) electrons. The van der Waals surface area contributed by atoms with Crippen molar-refractivity contribution in [3.8, 4) is 0 Å². The maximum absolute atomic E-state index is 11.5. The van der Waals surface area contributed by atoms with Crippen molar-refractivity contribution >= 4 is 6.09 Å². The Kier molecular flexibility index (Phi) is 14.8. The van der Waals surface area contributed by atoms with Gasteiger partial charge >= 0.3 is 6.09 Å². The lowest BCUT2D eigenvalue weighted by atomic mass is 10.4. The molecule has 1 N–H and O–H groups in total. The first-order valence-electron chi connectivity index (χ1n) is 7.44. The summed E-state index contributed by atoms with van der Waals surface area (Å²) >= 11 is 0. The molecule has 7 heteroatoms. The van der Waals surface area contributed by atoms with E-state index in [1.807, 2.05) is 6.92 Å². The van der Waals surface area contributed by atoms with E-state index in [0.717, 1.165) is 12.8 Å². The summed E-state index contributed by atoms with van der Waals surface area (Å²) in [5, 5.41) is 8.49. The SMILES string of the molecule is CCCCOC(=O)N(C)CCOCCOCCOCCO. The lowest BCUT2D eigenvalue weighted by molar-refractivity contribution is 0.00514. The van der Waals surface area contributed by atoms with Gasteiger partial charge in [0.25, 0.3) is 0 Å². The number of rotatable bonds is 14. The number of carbonyl (C=O) groups is 1. The second-order valence-electron chi connectivity index (χ2n) is 4.45. The van der Waals surface area contributed by atoms with Crippen LogP contribution in [-0.4, -0.2) is 82.5 Å². The number of ether oxygens (including phenoxy) is 4. The molecule has 21 heavy (non-hydrogen) atoms. The molecule has 126 valence electrons. The van der Waals surface area contributed by atoms with Crippen LogP contribution in [0.25, 0.3) is 0 Å². The Morgan fingerprint density at radius 1 is 0.952 bits per heavy atom. The molecule has 0 aromatic rings. The largest absolute Gasteiger partial charge is 0.449 e. The van der Waals surface area contributed by atoms with E-state index in [2.05, 4.69) is 0 Å². The molecular weight excluding hydrogens is 278 g/mol. The average Bonchev–Trinajstić information content (AvgIpc) is 2.49. The Hall–Kier alpha value is -0.890. The molecule has 0 atom stereocenters. The molecule has 0 aliphatic heterocycles. The van der Waals surface area contributed by atoms with Crippen LogP contribution in [0.15, 0.2) is 0 Å². The summed E-state index contributed by atoms with van der Waals surface area (Å²) in [5.41, 5.74) is 0. The Balaban J connectivity index is 3.28. The normalized spacial score (nSPS) is 10.6. The van der Waals surface area contributed by atoms with Crippen molar-refractivity contribution < 1.29 is 28.8 Å². The van der Waals surface area contributed by atoms with Crippen molar-refractivity contribution in [1.29, 1.82) is 0 Å². The Bertz CT molecular complexity index is 240. The van der Waals surface area contributed by atoms with Crippen molar-refractivity contribution in [2.75, 3.05) is 66.4 Å². The van der Waals surface area contributed by atoms with Gasteiger partial charge in [0.2, 0.25) is 0 Å². The lowest BCUT2D eigenvalue weighted by Crippen LogP contribution is -2.31. The first kappa shape index (κ1) is 20.1. The smallest absolute Gasteiger partial charge is 0.409 e. The number of aliphatic hydroxyl groups is 1. The molecule has 7 nitrogen and oxygen atoms in total. The number of nitrogens with zero attached hydrogens (tertiary/aromatic N) is 1. The zero-order chi connectivity index (χ0) is 15.8. The highest BCUT2D eigenvalue weighted by atomic mass is 16.6. The van der Waals surface area contributed by atoms with Gasteiger partial charge in [-0.25, -0.2) is 4.79 Å². The van der Waals surface area contributed by atoms with Crippen LogP contribution < -0.4 is 0 Å².